The maximum atomic E-state index is 10.8. The van der Waals surface area contributed by atoms with E-state index in [1.165, 1.54) is 12.3 Å². The molecule has 0 fully saturated rings. The Kier molecular flexibility index (Phi) is 5.70. The lowest BCUT2D eigenvalue weighted by molar-refractivity contribution is -0.385. The first-order valence-corrected chi connectivity index (χ1v) is 7.69. The van der Waals surface area contributed by atoms with E-state index < -0.39 is 4.92 Å². The van der Waals surface area contributed by atoms with Crippen molar-refractivity contribution < 1.29 is 9.34 Å². The van der Waals surface area contributed by atoms with Crippen LogP contribution in [0.3, 0.4) is 0 Å². The van der Waals surface area contributed by atoms with Crippen molar-refractivity contribution in [3.8, 4) is 0 Å². The first-order valence-electron chi connectivity index (χ1n) is 7.69. The molecule has 0 aliphatic rings. The molecule has 0 saturated carbocycles. The van der Waals surface area contributed by atoms with Gasteiger partial charge >= 0.3 is 0 Å². The minimum Gasteiger partial charge on any atom is -0.468 e. The van der Waals surface area contributed by atoms with Crippen molar-refractivity contribution in [2.45, 2.75) is 26.8 Å². The van der Waals surface area contributed by atoms with Crippen LogP contribution in [0.25, 0.3) is 0 Å². The van der Waals surface area contributed by atoms with Crippen LogP contribution in [0, 0.1) is 17.0 Å². The molecule has 7 heteroatoms. The average molecular weight is 318 g/mol. The van der Waals surface area contributed by atoms with Gasteiger partial charge in [-0.05, 0) is 37.7 Å². The number of aromatic nitrogens is 1. The summed E-state index contributed by atoms with van der Waals surface area (Å²) in [7, 11) is 0. The predicted octanol–water partition coefficient (Wildman–Crippen LogP) is 3.39. The molecule has 0 amide bonds. The highest BCUT2D eigenvalue weighted by molar-refractivity contribution is 5.48. The van der Waals surface area contributed by atoms with Crippen LogP contribution < -0.4 is 5.32 Å². The third kappa shape index (κ3) is 4.07. The number of nitro groups is 1. The Morgan fingerprint density at radius 2 is 2.17 bits per heavy atom. The second kappa shape index (κ2) is 7.73. The number of hydrogen-bond donors (Lipinski definition) is 1. The lowest BCUT2D eigenvalue weighted by atomic mass is 10.1. The van der Waals surface area contributed by atoms with E-state index in [-0.39, 0.29) is 11.7 Å². The molecular formula is C16H22N4O3. The summed E-state index contributed by atoms with van der Waals surface area (Å²) in [5.74, 6) is 1.54. The molecule has 124 valence electrons. The van der Waals surface area contributed by atoms with Gasteiger partial charge in [-0.2, -0.15) is 0 Å². The summed E-state index contributed by atoms with van der Waals surface area (Å²) < 4.78 is 5.56. The van der Waals surface area contributed by atoms with E-state index in [0.29, 0.717) is 12.4 Å². The standard InChI is InChI=1S/C16H22N4O3/c1-4-19(5-2)14(15-7-6-8-23-15)11-18-16-12(3)9-13(10-17-16)20(21)22/h6-10,14H,4-5,11H2,1-3H3,(H,17,18). The Bertz CT molecular complexity index is 639. The molecule has 0 bridgehead atoms. The first kappa shape index (κ1) is 17.0. The predicted molar refractivity (Wildman–Crippen MR) is 88.5 cm³/mol. The second-order valence-electron chi connectivity index (χ2n) is 5.25. The van der Waals surface area contributed by atoms with E-state index in [1.807, 2.05) is 19.1 Å². The van der Waals surface area contributed by atoms with Gasteiger partial charge in [-0.3, -0.25) is 15.0 Å². The van der Waals surface area contributed by atoms with Crippen LogP contribution in [0.2, 0.25) is 0 Å². The molecular weight excluding hydrogens is 296 g/mol. The van der Waals surface area contributed by atoms with Crippen LogP contribution in [-0.4, -0.2) is 34.4 Å². The molecule has 2 heterocycles. The molecule has 2 aromatic rings. The lowest BCUT2D eigenvalue weighted by Gasteiger charge is -2.28. The van der Waals surface area contributed by atoms with E-state index in [9.17, 15) is 10.1 Å². The molecule has 1 N–H and O–H groups in total. The quantitative estimate of drug-likeness (QED) is 0.593. The molecule has 0 aliphatic carbocycles. The highest BCUT2D eigenvalue weighted by atomic mass is 16.6. The Morgan fingerprint density at radius 1 is 1.43 bits per heavy atom. The maximum absolute atomic E-state index is 10.8. The number of nitrogens with zero attached hydrogens (tertiary/aromatic N) is 3. The zero-order valence-electron chi connectivity index (χ0n) is 13.7. The Morgan fingerprint density at radius 3 is 2.70 bits per heavy atom. The molecule has 2 rings (SSSR count). The molecule has 1 unspecified atom stereocenters. The lowest BCUT2D eigenvalue weighted by Crippen LogP contribution is -2.33. The summed E-state index contributed by atoms with van der Waals surface area (Å²) >= 11 is 0. The summed E-state index contributed by atoms with van der Waals surface area (Å²) in [6.07, 6.45) is 2.94. The van der Waals surface area contributed by atoms with Crippen LogP contribution in [0.15, 0.2) is 35.1 Å². The van der Waals surface area contributed by atoms with Crippen LogP contribution in [-0.2, 0) is 0 Å². The molecule has 0 radical (unpaired) electrons. The highest BCUT2D eigenvalue weighted by Crippen LogP contribution is 2.23. The first-order chi connectivity index (χ1) is 11.1. The smallest absolute Gasteiger partial charge is 0.287 e. The number of rotatable bonds is 8. The van der Waals surface area contributed by atoms with Gasteiger partial charge in [0.25, 0.3) is 5.69 Å². The Hall–Kier alpha value is -2.41. The molecule has 23 heavy (non-hydrogen) atoms. The molecule has 2 aromatic heterocycles. The van der Waals surface area contributed by atoms with Crippen molar-refractivity contribution in [1.29, 1.82) is 0 Å². The normalized spacial score (nSPS) is 12.3. The largest absolute Gasteiger partial charge is 0.468 e. The summed E-state index contributed by atoms with van der Waals surface area (Å²) in [6.45, 7) is 8.43. The zero-order valence-corrected chi connectivity index (χ0v) is 13.7. The molecule has 1 atom stereocenters. The van der Waals surface area contributed by atoms with Crippen molar-refractivity contribution in [3.05, 3.63) is 52.1 Å². The summed E-state index contributed by atoms with van der Waals surface area (Å²) in [5, 5.41) is 14.1. The van der Waals surface area contributed by atoms with Crippen molar-refractivity contribution in [3.63, 3.8) is 0 Å². The van der Waals surface area contributed by atoms with Gasteiger partial charge in [0.2, 0.25) is 0 Å². The molecule has 0 saturated heterocycles. The van der Waals surface area contributed by atoms with Crippen LogP contribution in [0.4, 0.5) is 11.5 Å². The van der Waals surface area contributed by atoms with Gasteiger partial charge in [-0.25, -0.2) is 4.98 Å². The number of furan rings is 1. The number of nitrogens with one attached hydrogen (secondary N) is 1. The van der Waals surface area contributed by atoms with Crippen molar-refractivity contribution in [1.82, 2.24) is 9.88 Å². The summed E-state index contributed by atoms with van der Waals surface area (Å²) in [6, 6.07) is 5.44. The van der Waals surface area contributed by atoms with Crippen LogP contribution in [0.5, 0.6) is 0 Å². The number of aryl methyl sites for hydroxylation is 1. The molecule has 0 aromatic carbocycles. The number of anilines is 1. The maximum Gasteiger partial charge on any atom is 0.287 e. The van der Waals surface area contributed by atoms with Gasteiger partial charge in [0.05, 0.1) is 17.2 Å². The third-order valence-electron chi connectivity index (χ3n) is 3.86. The summed E-state index contributed by atoms with van der Waals surface area (Å²) in [5.41, 5.74) is 0.747. The summed E-state index contributed by atoms with van der Waals surface area (Å²) in [4.78, 5) is 16.8. The fraction of sp³-hybridized carbons (Fsp3) is 0.438. The van der Waals surface area contributed by atoms with E-state index in [0.717, 1.165) is 24.4 Å². The number of likely N-dealkylation sites (N-methyl/N-ethyl adjacent to an activating group) is 1. The zero-order chi connectivity index (χ0) is 16.8. The highest BCUT2D eigenvalue weighted by Gasteiger charge is 2.21. The minimum absolute atomic E-state index is 0.000576. The second-order valence-corrected chi connectivity index (χ2v) is 5.25. The monoisotopic (exact) mass is 318 g/mol. The van der Waals surface area contributed by atoms with Crippen LogP contribution in [0.1, 0.15) is 31.2 Å². The number of pyridine rings is 1. The Balaban J connectivity index is 2.14. The Labute approximate surface area is 135 Å². The van der Waals surface area contributed by atoms with Crippen molar-refractivity contribution in [2.24, 2.45) is 0 Å². The average Bonchev–Trinajstić information content (AvgIpc) is 3.06. The van der Waals surface area contributed by atoms with E-state index in [1.54, 1.807) is 6.26 Å². The molecule has 0 aliphatic heterocycles. The van der Waals surface area contributed by atoms with E-state index in [2.05, 4.69) is 29.0 Å². The third-order valence-corrected chi connectivity index (χ3v) is 3.86. The fourth-order valence-electron chi connectivity index (χ4n) is 2.59. The fourth-order valence-corrected chi connectivity index (χ4v) is 2.59. The molecule has 0 spiro atoms. The molecule has 7 nitrogen and oxygen atoms in total. The van der Waals surface area contributed by atoms with Crippen LogP contribution >= 0.6 is 0 Å². The van der Waals surface area contributed by atoms with Gasteiger partial charge in [-0.15, -0.1) is 0 Å². The van der Waals surface area contributed by atoms with Crippen molar-refractivity contribution >= 4 is 11.5 Å². The minimum atomic E-state index is -0.439. The van der Waals surface area contributed by atoms with E-state index in [4.69, 9.17) is 4.42 Å². The van der Waals surface area contributed by atoms with Crippen molar-refractivity contribution in [2.75, 3.05) is 25.0 Å². The van der Waals surface area contributed by atoms with Gasteiger partial charge in [0.15, 0.2) is 0 Å². The van der Waals surface area contributed by atoms with Gasteiger partial charge < -0.3 is 9.73 Å². The van der Waals surface area contributed by atoms with Gasteiger partial charge in [0.1, 0.15) is 17.8 Å². The van der Waals surface area contributed by atoms with Gasteiger partial charge in [-0.1, -0.05) is 13.8 Å². The van der Waals surface area contributed by atoms with Gasteiger partial charge in [0, 0.05) is 12.6 Å². The number of hydrogen-bond acceptors (Lipinski definition) is 6. The van der Waals surface area contributed by atoms with E-state index >= 15 is 0 Å². The SMILES string of the molecule is CCN(CC)C(CNc1ncc([N+](=O)[O-])cc1C)c1ccco1. The topological polar surface area (TPSA) is 84.4 Å².